The summed E-state index contributed by atoms with van der Waals surface area (Å²) < 4.78 is 37.3. The number of thiazole rings is 1. The van der Waals surface area contributed by atoms with Crippen LogP contribution >= 0.6 is 45.9 Å². The van der Waals surface area contributed by atoms with Gasteiger partial charge < -0.3 is 9.30 Å². The highest BCUT2D eigenvalue weighted by atomic mass is 35.5. The zero-order chi connectivity index (χ0) is 17.3. The molecule has 0 amide bonds. The Labute approximate surface area is 156 Å². The molecule has 0 N–H and O–H groups in total. The van der Waals surface area contributed by atoms with E-state index >= 15 is 0 Å². The second-order valence-corrected chi connectivity index (χ2v) is 9.76. The maximum absolute atomic E-state index is 12.5. The third kappa shape index (κ3) is 3.68. The van der Waals surface area contributed by atoms with Gasteiger partial charge in [0.05, 0.1) is 21.2 Å². The standard InChI is InChI=1S/C14H12Cl2N2O3S3/c1-21-7-6-18-10-3-2-9(15)8-11(10)22-14(18)17-24(19,20)13-5-4-12(16)23-13/h2-5,8H,6-7H2,1H3/b17-14-. The lowest BCUT2D eigenvalue weighted by molar-refractivity contribution is 0.187. The predicted octanol–water partition coefficient (Wildman–Crippen LogP) is 4.01. The van der Waals surface area contributed by atoms with Crippen molar-refractivity contribution < 1.29 is 13.2 Å². The summed E-state index contributed by atoms with van der Waals surface area (Å²) in [6, 6.07) is 8.39. The fraction of sp³-hybridized carbons (Fsp3) is 0.214. The largest absolute Gasteiger partial charge is 0.383 e. The monoisotopic (exact) mass is 422 g/mol. The molecule has 2 heterocycles. The number of nitrogens with zero attached hydrogens (tertiary/aromatic N) is 2. The van der Waals surface area contributed by atoms with E-state index in [0.29, 0.717) is 27.3 Å². The lowest BCUT2D eigenvalue weighted by Crippen LogP contribution is -2.19. The lowest BCUT2D eigenvalue weighted by Gasteiger charge is -2.04. The summed E-state index contributed by atoms with van der Waals surface area (Å²) in [5.74, 6) is 0. The van der Waals surface area contributed by atoms with E-state index in [1.165, 1.54) is 23.5 Å². The molecule has 0 aliphatic carbocycles. The number of halogens is 2. The third-order valence-corrected chi connectivity index (χ3v) is 7.52. The van der Waals surface area contributed by atoms with Gasteiger partial charge in [-0.3, -0.25) is 0 Å². The Kier molecular flexibility index (Phi) is 5.33. The van der Waals surface area contributed by atoms with Crippen molar-refractivity contribution in [1.82, 2.24) is 4.57 Å². The molecule has 5 nitrogen and oxygen atoms in total. The lowest BCUT2D eigenvalue weighted by atomic mass is 10.3. The minimum Gasteiger partial charge on any atom is -0.383 e. The molecule has 24 heavy (non-hydrogen) atoms. The van der Waals surface area contributed by atoms with E-state index in [1.807, 2.05) is 10.6 Å². The average Bonchev–Trinajstić information content (AvgIpc) is 3.08. The first-order valence-electron chi connectivity index (χ1n) is 6.75. The molecule has 0 aliphatic heterocycles. The van der Waals surface area contributed by atoms with Crippen LogP contribution in [0.1, 0.15) is 0 Å². The minimum absolute atomic E-state index is 0.112. The highest BCUT2D eigenvalue weighted by Crippen LogP contribution is 2.27. The summed E-state index contributed by atoms with van der Waals surface area (Å²) in [6.07, 6.45) is 0. The molecule has 3 rings (SSSR count). The number of fused-ring (bicyclic) bond motifs is 1. The number of sulfonamides is 1. The Morgan fingerprint density at radius 1 is 1.21 bits per heavy atom. The van der Waals surface area contributed by atoms with E-state index in [-0.39, 0.29) is 4.21 Å². The van der Waals surface area contributed by atoms with Crippen LogP contribution in [-0.2, 0) is 21.3 Å². The van der Waals surface area contributed by atoms with Gasteiger partial charge in [0.2, 0.25) is 4.80 Å². The maximum Gasteiger partial charge on any atom is 0.294 e. The second-order valence-electron chi connectivity index (χ2n) is 4.77. The normalized spacial score (nSPS) is 13.0. The van der Waals surface area contributed by atoms with Crippen molar-refractivity contribution in [3.05, 3.63) is 44.5 Å². The van der Waals surface area contributed by atoms with E-state index in [2.05, 4.69) is 4.40 Å². The number of methoxy groups -OCH3 is 1. The molecule has 0 fully saturated rings. The molecule has 0 unspecified atom stereocenters. The number of hydrogen-bond acceptors (Lipinski definition) is 5. The van der Waals surface area contributed by atoms with Gasteiger partial charge in [-0.1, -0.05) is 34.5 Å². The van der Waals surface area contributed by atoms with Crippen LogP contribution in [0.4, 0.5) is 0 Å². The van der Waals surface area contributed by atoms with Crippen molar-refractivity contribution in [2.45, 2.75) is 10.8 Å². The first kappa shape index (κ1) is 17.9. The van der Waals surface area contributed by atoms with Crippen molar-refractivity contribution in [1.29, 1.82) is 0 Å². The van der Waals surface area contributed by atoms with Crippen LogP contribution in [0.2, 0.25) is 9.36 Å². The van der Waals surface area contributed by atoms with E-state index in [4.69, 9.17) is 27.9 Å². The molecule has 0 bridgehead atoms. The Morgan fingerprint density at radius 2 is 2.00 bits per heavy atom. The fourth-order valence-corrected chi connectivity index (χ4v) is 6.10. The van der Waals surface area contributed by atoms with Crippen molar-refractivity contribution in [2.75, 3.05) is 13.7 Å². The van der Waals surface area contributed by atoms with Gasteiger partial charge in [0, 0.05) is 18.7 Å². The Hall–Kier alpha value is -0.900. The van der Waals surface area contributed by atoms with Gasteiger partial charge in [-0.25, -0.2) is 0 Å². The summed E-state index contributed by atoms with van der Waals surface area (Å²) in [5.41, 5.74) is 0.861. The Morgan fingerprint density at radius 3 is 2.67 bits per heavy atom. The number of benzene rings is 1. The summed E-state index contributed by atoms with van der Waals surface area (Å²) >= 11 is 14.1. The van der Waals surface area contributed by atoms with Gasteiger partial charge in [-0.2, -0.15) is 8.42 Å². The van der Waals surface area contributed by atoms with Crippen molar-refractivity contribution in [2.24, 2.45) is 4.40 Å². The smallest absolute Gasteiger partial charge is 0.294 e. The van der Waals surface area contributed by atoms with E-state index in [9.17, 15) is 8.42 Å². The van der Waals surface area contributed by atoms with Crippen molar-refractivity contribution >= 4 is 66.1 Å². The first-order valence-corrected chi connectivity index (χ1v) is 10.6. The van der Waals surface area contributed by atoms with Gasteiger partial charge in [-0.15, -0.1) is 15.7 Å². The van der Waals surface area contributed by atoms with Crippen LogP contribution in [0.15, 0.2) is 38.9 Å². The highest BCUT2D eigenvalue weighted by molar-refractivity contribution is 7.92. The minimum atomic E-state index is -3.82. The number of hydrogen-bond donors (Lipinski definition) is 0. The third-order valence-electron chi connectivity index (χ3n) is 3.16. The molecule has 0 saturated carbocycles. The highest BCUT2D eigenvalue weighted by Gasteiger charge is 2.17. The number of aromatic nitrogens is 1. The molecule has 2 aromatic heterocycles. The molecule has 0 aliphatic rings. The van der Waals surface area contributed by atoms with E-state index in [1.54, 1.807) is 19.2 Å². The summed E-state index contributed by atoms with van der Waals surface area (Å²) in [6.45, 7) is 0.921. The molecule has 0 spiro atoms. The van der Waals surface area contributed by atoms with Gasteiger partial charge in [0.25, 0.3) is 10.0 Å². The fourth-order valence-electron chi connectivity index (χ4n) is 2.10. The zero-order valence-electron chi connectivity index (χ0n) is 12.4. The molecule has 0 radical (unpaired) electrons. The maximum atomic E-state index is 12.5. The molecule has 128 valence electrons. The quantitative estimate of drug-likeness (QED) is 0.623. The second kappa shape index (κ2) is 7.15. The predicted molar refractivity (Wildman–Crippen MR) is 98.8 cm³/mol. The van der Waals surface area contributed by atoms with E-state index in [0.717, 1.165) is 21.6 Å². The molecule has 0 saturated heterocycles. The van der Waals surface area contributed by atoms with Crippen molar-refractivity contribution in [3.8, 4) is 0 Å². The van der Waals surface area contributed by atoms with Crippen molar-refractivity contribution in [3.63, 3.8) is 0 Å². The van der Waals surface area contributed by atoms with Crippen LogP contribution in [0.25, 0.3) is 10.2 Å². The first-order chi connectivity index (χ1) is 11.4. The summed E-state index contributed by atoms with van der Waals surface area (Å²) in [4.78, 5) is 0.369. The van der Waals surface area contributed by atoms with Gasteiger partial charge >= 0.3 is 0 Å². The average molecular weight is 423 g/mol. The Bertz CT molecular complexity index is 1050. The molecule has 1 aromatic carbocycles. The van der Waals surface area contributed by atoms with Crippen LogP contribution in [0.3, 0.4) is 0 Å². The molecular weight excluding hydrogens is 411 g/mol. The number of rotatable bonds is 5. The van der Waals surface area contributed by atoms with Crippen LogP contribution in [0.5, 0.6) is 0 Å². The zero-order valence-corrected chi connectivity index (χ0v) is 16.4. The number of ether oxygens (including phenoxy) is 1. The SMILES string of the molecule is COCCn1/c(=N/S(=O)(=O)c2ccc(Cl)s2)sc2cc(Cl)ccc21. The van der Waals surface area contributed by atoms with Gasteiger partial charge in [0.1, 0.15) is 4.21 Å². The topological polar surface area (TPSA) is 60.7 Å². The molecule has 0 atom stereocenters. The van der Waals surface area contributed by atoms with Crippen LogP contribution in [0, 0.1) is 0 Å². The molecular formula is C14H12Cl2N2O3S3. The van der Waals surface area contributed by atoms with E-state index < -0.39 is 10.0 Å². The summed E-state index contributed by atoms with van der Waals surface area (Å²) in [7, 11) is -2.23. The van der Waals surface area contributed by atoms with Gasteiger partial charge in [-0.05, 0) is 30.3 Å². The summed E-state index contributed by atoms with van der Waals surface area (Å²) in [5, 5.41) is 0.585. The van der Waals surface area contributed by atoms with Crippen LogP contribution < -0.4 is 4.80 Å². The number of thiophene rings is 1. The molecule has 3 aromatic rings. The molecule has 10 heteroatoms. The van der Waals surface area contributed by atoms with Gasteiger partial charge in [0.15, 0.2) is 0 Å². The van der Waals surface area contributed by atoms with Crippen LogP contribution in [-0.4, -0.2) is 26.7 Å². The Balaban J connectivity index is 2.20.